The zero-order chi connectivity index (χ0) is 16.6. The van der Waals surface area contributed by atoms with Crippen molar-refractivity contribution in [2.45, 2.75) is 29.8 Å². The van der Waals surface area contributed by atoms with Crippen LogP contribution >= 0.6 is 11.8 Å². The summed E-state index contributed by atoms with van der Waals surface area (Å²) < 4.78 is 8.21. The molecule has 2 aromatic carbocycles. The first-order valence-electron chi connectivity index (χ1n) is 8.48. The lowest BCUT2D eigenvalue weighted by atomic mass is 10.2. The molecule has 0 atom stereocenters. The van der Waals surface area contributed by atoms with Crippen molar-refractivity contribution in [2.24, 2.45) is 0 Å². The lowest BCUT2D eigenvalue weighted by Gasteiger charge is -2.10. The van der Waals surface area contributed by atoms with Gasteiger partial charge >= 0.3 is 0 Å². The summed E-state index contributed by atoms with van der Waals surface area (Å²) in [6, 6.07) is 18.9. The zero-order valence-corrected chi connectivity index (χ0v) is 14.4. The molecule has 5 heteroatoms. The topological polar surface area (TPSA) is 43.9 Å². The van der Waals surface area contributed by atoms with Gasteiger partial charge in [-0.3, -0.25) is 0 Å². The van der Waals surface area contributed by atoms with E-state index in [-0.39, 0.29) is 0 Å². The van der Waals surface area contributed by atoms with Gasteiger partial charge in [0.2, 0.25) is 5.89 Å². The molecule has 0 amide bonds. The van der Waals surface area contributed by atoms with Crippen molar-refractivity contribution in [1.29, 1.82) is 0 Å². The standard InChI is InChI=1S/C20H17N3OS/c1-2-6-14(7-3-1)17-12-21-20(23(17)15-10-11-15)25-13-19-22-16-8-4-5-9-18(16)24-19/h1-9,12,15H,10-11,13H2. The Labute approximate surface area is 149 Å². The van der Waals surface area contributed by atoms with E-state index in [4.69, 9.17) is 4.42 Å². The van der Waals surface area contributed by atoms with E-state index in [1.165, 1.54) is 24.1 Å². The van der Waals surface area contributed by atoms with E-state index in [1.54, 1.807) is 11.8 Å². The van der Waals surface area contributed by atoms with Gasteiger partial charge in [-0.1, -0.05) is 54.2 Å². The van der Waals surface area contributed by atoms with Crippen LogP contribution in [0.3, 0.4) is 0 Å². The Morgan fingerprint density at radius 1 is 1.04 bits per heavy atom. The van der Waals surface area contributed by atoms with Crippen LogP contribution in [-0.4, -0.2) is 14.5 Å². The highest BCUT2D eigenvalue weighted by molar-refractivity contribution is 7.98. The van der Waals surface area contributed by atoms with Gasteiger partial charge in [0.25, 0.3) is 0 Å². The van der Waals surface area contributed by atoms with Crippen LogP contribution < -0.4 is 0 Å². The summed E-state index contributed by atoms with van der Waals surface area (Å²) in [6.07, 6.45) is 4.45. The first kappa shape index (κ1) is 14.8. The number of benzene rings is 2. The predicted octanol–water partition coefficient (Wildman–Crippen LogP) is 5.32. The number of hydrogen-bond donors (Lipinski definition) is 0. The van der Waals surface area contributed by atoms with Crippen LogP contribution in [0.15, 0.2) is 70.4 Å². The maximum atomic E-state index is 5.83. The molecule has 0 unspecified atom stereocenters. The Morgan fingerprint density at radius 3 is 2.64 bits per heavy atom. The average Bonchev–Trinajstić information content (AvgIpc) is 3.27. The molecule has 0 saturated heterocycles. The lowest BCUT2D eigenvalue weighted by molar-refractivity contribution is 0.555. The van der Waals surface area contributed by atoms with Gasteiger partial charge in [0.05, 0.1) is 17.6 Å². The van der Waals surface area contributed by atoms with E-state index in [0.717, 1.165) is 22.1 Å². The molecule has 1 saturated carbocycles. The molecule has 0 spiro atoms. The third-order valence-corrected chi connectivity index (χ3v) is 5.36. The summed E-state index contributed by atoms with van der Waals surface area (Å²) >= 11 is 1.69. The van der Waals surface area contributed by atoms with E-state index in [0.29, 0.717) is 11.8 Å². The first-order valence-corrected chi connectivity index (χ1v) is 9.47. The first-order chi connectivity index (χ1) is 12.4. The summed E-state index contributed by atoms with van der Waals surface area (Å²) in [4.78, 5) is 9.24. The van der Waals surface area contributed by atoms with Gasteiger partial charge in [0, 0.05) is 6.04 Å². The van der Waals surface area contributed by atoms with Gasteiger partial charge in [-0.15, -0.1) is 0 Å². The molecule has 1 fully saturated rings. The summed E-state index contributed by atoms with van der Waals surface area (Å²) in [5.74, 6) is 1.44. The summed E-state index contributed by atoms with van der Waals surface area (Å²) in [6.45, 7) is 0. The molecule has 4 nitrogen and oxygen atoms in total. The number of aromatic nitrogens is 3. The molecule has 0 bridgehead atoms. The minimum absolute atomic E-state index is 0.573. The molecule has 1 aliphatic carbocycles. The second kappa shape index (κ2) is 6.08. The second-order valence-corrected chi connectivity index (χ2v) is 7.20. The van der Waals surface area contributed by atoms with Crippen molar-refractivity contribution in [2.75, 3.05) is 0 Å². The molecule has 124 valence electrons. The average molecular weight is 347 g/mol. The third kappa shape index (κ3) is 2.85. The van der Waals surface area contributed by atoms with Gasteiger partial charge in [0.1, 0.15) is 5.52 Å². The van der Waals surface area contributed by atoms with E-state index in [9.17, 15) is 0 Å². The molecule has 0 N–H and O–H groups in total. The number of thioether (sulfide) groups is 1. The van der Waals surface area contributed by atoms with Crippen LogP contribution in [0.4, 0.5) is 0 Å². The molecule has 0 radical (unpaired) electrons. The highest BCUT2D eigenvalue weighted by atomic mass is 32.2. The summed E-state index contributed by atoms with van der Waals surface area (Å²) in [5, 5.41) is 1.05. The predicted molar refractivity (Wildman–Crippen MR) is 99.5 cm³/mol. The highest BCUT2D eigenvalue weighted by Gasteiger charge is 2.29. The number of para-hydroxylation sites is 2. The van der Waals surface area contributed by atoms with Crippen molar-refractivity contribution < 1.29 is 4.42 Å². The van der Waals surface area contributed by atoms with Crippen LogP contribution in [0.1, 0.15) is 24.8 Å². The van der Waals surface area contributed by atoms with Crippen molar-refractivity contribution >= 4 is 22.9 Å². The van der Waals surface area contributed by atoms with Gasteiger partial charge in [-0.2, -0.15) is 0 Å². The van der Waals surface area contributed by atoms with Crippen molar-refractivity contribution in [1.82, 2.24) is 14.5 Å². The number of rotatable bonds is 5. The third-order valence-electron chi connectivity index (χ3n) is 4.41. The number of fused-ring (bicyclic) bond motifs is 1. The van der Waals surface area contributed by atoms with Crippen molar-refractivity contribution in [3.8, 4) is 11.3 Å². The minimum atomic E-state index is 0.573. The van der Waals surface area contributed by atoms with E-state index >= 15 is 0 Å². The van der Waals surface area contributed by atoms with Crippen LogP contribution in [0.5, 0.6) is 0 Å². The molecule has 5 rings (SSSR count). The minimum Gasteiger partial charge on any atom is -0.440 e. The molecule has 2 heterocycles. The fourth-order valence-corrected chi connectivity index (χ4v) is 3.96. The quantitative estimate of drug-likeness (QED) is 0.458. The zero-order valence-electron chi connectivity index (χ0n) is 13.6. The normalized spacial score (nSPS) is 14.2. The Kier molecular flexibility index (Phi) is 3.59. The van der Waals surface area contributed by atoms with Crippen LogP contribution in [0.2, 0.25) is 0 Å². The number of imidazole rings is 1. The number of nitrogens with zero attached hydrogens (tertiary/aromatic N) is 3. The largest absolute Gasteiger partial charge is 0.440 e. The molecule has 2 aromatic heterocycles. The van der Waals surface area contributed by atoms with Gasteiger partial charge in [0.15, 0.2) is 10.7 Å². The Hall–Kier alpha value is -2.53. The van der Waals surface area contributed by atoms with Crippen LogP contribution in [-0.2, 0) is 5.75 Å². The monoisotopic (exact) mass is 347 g/mol. The lowest BCUT2D eigenvalue weighted by Crippen LogP contribution is -1.99. The maximum absolute atomic E-state index is 5.83. The maximum Gasteiger partial charge on any atom is 0.205 e. The summed E-state index contributed by atoms with van der Waals surface area (Å²) in [5.41, 5.74) is 4.17. The summed E-state index contributed by atoms with van der Waals surface area (Å²) in [7, 11) is 0. The Bertz CT molecular complexity index is 985. The Morgan fingerprint density at radius 2 is 1.84 bits per heavy atom. The molecule has 0 aliphatic heterocycles. The van der Waals surface area contributed by atoms with E-state index in [2.05, 4.69) is 38.8 Å². The SMILES string of the molecule is c1ccc(-c2cnc(SCc3nc4ccccc4o3)n2C2CC2)cc1. The van der Waals surface area contributed by atoms with Gasteiger partial charge in [-0.05, 0) is 30.5 Å². The van der Waals surface area contributed by atoms with E-state index < -0.39 is 0 Å². The van der Waals surface area contributed by atoms with E-state index in [1.807, 2.05) is 36.5 Å². The molecule has 25 heavy (non-hydrogen) atoms. The Balaban J connectivity index is 1.43. The fourth-order valence-electron chi connectivity index (χ4n) is 3.07. The number of hydrogen-bond acceptors (Lipinski definition) is 4. The van der Waals surface area contributed by atoms with Gasteiger partial charge in [-0.25, -0.2) is 9.97 Å². The fraction of sp³-hybridized carbons (Fsp3) is 0.200. The highest BCUT2D eigenvalue weighted by Crippen LogP contribution is 2.42. The van der Waals surface area contributed by atoms with Crippen LogP contribution in [0.25, 0.3) is 22.4 Å². The van der Waals surface area contributed by atoms with Crippen LogP contribution in [0, 0.1) is 0 Å². The molecule has 4 aromatic rings. The second-order valence-electron chi connectivity index (χ2n) is 6.26. The molecular formula is C20H17N3OS. The van der Waals surface area contributed by atoms with Crippen molar-refractivity contribution in [3.63, 3.8) is 0 Å². The molecule has 1 aliphatic rings. The smallest absolute Gasteiger partial charge is 0.205 e. The number of oxazole rings is 1. The van der Waals surface area contributed by atoms with Crippen molar-refractivity contribution in [3.05, 3.63) is 66.7 Å². The molecular weight excluding hydrogens is 330 g/mol. The van der Waals surface area contributed by atoms with Gasteiger partial charge < -0.3 is 8.98 Å².